The van der Waals surface area contributed by atoms with Crippen LogP contribution in [0.15, 0.2) is 79.4 Å². The minimum Gasteiger partial charge on any atom is -0.454 e. The van der Waals surface area contributed by atoms with Crippen LogP contribution >= 0.6 is 0 Å². The Bertz CT molecular complexity index is 1530. The lowest BCUT2D eigenvalue weighted by Gasteiger charge is -2.31. The molecule has 7 heteroatoms. The van der Waals surface area contributed by atoms with Crippen molar-refractivity contribution in [1.29, 1.82) is 0 Å². The zero-order valence-corrected chi connectivity index (χ0v) is 21.6. The topological polar surface area (TPSA) is 58.4 Å². The maximum absolute atomic E-state index is 15.3. The quantitative estimate of drug-likeness (QED) is 0.244. The van der Waals surface area contributed by atoms with Crippen LogP contribution < -0.4 is 0 Å². The van der Waals surface area contributed by atoms with Crippen molar-refractivity contribution >= 4 is 22.0 Å². The van der Waals surface area contributed by atoms with Gasteiger partial charge in [0.25, 0.3) is 6.29 Å². The van der Waals surface area contributed by atoms with Crippen LogP contribution in [0, 0.1) is 11.9 Å². The van der Waals surface area contributed by atoms with E-state index in [1.165, 1.54) is 30.1 Å². The van der Waals surface area contributed by atoms with Gasteiger partial charge in [-0.25, -0.2) is 4.68 Å². The van der Waals surface area contributed by atoms with Gasteiger partial charge in [-0.3, -0.25) is 4.98 Å². The summed E-state index contributed by atoms with van der Waals surface area (Å²) in [6, 6.07) is 20.5. The maximum atomic E-state index is 15.3. The van der Waals surface area contributed by atoms with Crippen molar-refractivity contribution in [1.82, 2.24) is 14.8 Å². The van der Waals surface area contributed by atoms with Gasteiger partial charge in [0.2, 0.25) is 5.95 Å². The van der Waals surface area contributed by atoms with Crippen LogP contribution in [0.3, 0.4) is 0 Å². The highest BCUT2D eigenvalue weighted by atomic mass is 19.1. The number of rotatable bonds is 6. The Labute approximate surface area is 226 Å². The molecule has 2 fully saturated rings. The molecule has 0 amide bonds. The van der Waals surface area contributed by atoms with Gasteiger partial charge in [-0.1, -0.05) is 48.9 Å². The third-order valence-electron chi connectivity index (χ3n) is 8.02. The molecule has 1 saturated carbocycles. The summed E-state index contributed by atoms with van der Waals surface area (Å²) in [4.78, 5) is 4.70. The first-order chi connectivity index (χ1) is 19.3. The van der Waals surface area contributed by atoms with Crippen molar-refractivity contribution in [2.24, 2.45) is 5.92 Å². The molecule has 0 spiro atoms. The summed E-state index contributed by atoms with van der Waals surface area (Å²) >= 11 is 0. The lowest BCUT2D eigenvalue weighted by Crippen LogP contribution is -2.19. The van der Waals surface area contributed by atoms with E-state index in [1.807, 2.05) is 30.5 Å². The Morgan fingerprint density at radius 3 is 2.36 bits per heavy atom. The third kappa shape index (κ3) is 4.51. The predicted octanol–water partition coefficient (Wildman–Crippen LogP) is 7.55. The van der Waals surface area contributed by atoms with Gasteiger partial charge >= 0.3 is 0 Å². The smallest absolute Gasteiger partial charge is 0.283 e. The van der Waals surface area contributed by atoms with Gasteiger partial charge in [-0.15, -0.1) is 5.10 Å². The number of allylic oxidation sites excluding steroid dienone is 1. The molecular formula is C32H30FN3O3. The molecule has 2 aromatic heterocycles. The molecule has 0 radical (unpaired) electrons. The summed E-state index contributed by atoms with van der Waals surface area (Å²) in [5.74, 6) is -0.0477. The number of halogens is 1. The molecule has 39 heavy (non-hydrogen) atoms. The van der Waals surface area contributed by atoms with Crippen LogP contribution in [0.5, 0.6) is 0 Å². The highest BCUT2D eigenvalue weighted by molar-refractivity contribution is 6.01. The highest BCUT2D eigenvalue weighted by Gasteiger charge is 2.29. The van der Waals surface area contributed by atoms with Gasteiger partial charge in [0.1, 0.15) is 18.2 Å². The predicted molar refractivity (Wildman–Crippen MR) is 147 cm³/mol. The zero-order valence-electron chi connectivity index (χ0n) is 21.6. The second-order valence-corrected chi connectivity index (χ2v) is 10.4. The minimum atomic E-state index is -0.537. The van der Waals surface area contributed by atoms with E-state index < -0.39 is 12.2 Å². The molecule has 198 valence electrons. The van der Waals surface area contributed by atoms with E-state index in [1.54, 1.807) is 4.68 Å². The first kappa shape index (κ1) is 24.1. The van der Waals surface area contributed by atoms with Crippen LogP contribution in [-0.2, 0) is 14.2 Å². The molecule has 4 heterocycles. The maximum Gasteiger partial charge on any atom is 0.283 e. The number of aromatic nitrogens is 3. The SMILES string of the molecule is Fc1nn(C2CCCCO2)c2ccc(/C(=C(/c3ccccc3)C3CCC3)c3ccc(C4OC=CO4)nc3)cc12. The number of hydrogen-bond donors (Lipinski definition) is 0. The summed E-state index contributed by atoms with van der Waals surface area (Å²) in [6.07, 6.45) is 10.5. The largest absolute Gasteiger partial charge is 0.454 e. The molecule has 3 aliphatic rings. The van der Waals surface area contributed by atoms with Gasteiger partial charge in [0.15, 0.2) is 6.23 Å². The standard InChI is InChI=1S/C32H30FN3O3/c33-31-25-19-23(13-15-27(25)36(35-31)28-11-4-5-16-37-28)30(24-12-14-26(34-20-24)32-38-17-18-39-32)29(22-9-6-10-22)21-7-2-1-3-8-21/h1-3,7-8,12-15,17-20,22,28,32H,4-6,9-11,16H2/b30-29+. The van der Waals surface area contributed by atoms with Gasteiger partial charge in [-0.2, -0.15) is 4.39 Å². The van der Waals surface area contributed by atoms with E-state index in [0.717, 1.165) is 54.3 Å². The summed E-state index contributed by atoms with van der Waals surface area (Å²) in [6.45, 7) is 0.677. The first-order valence-corrected chi connectivity index (χ1v) is 13.8. The summed E-state index contributed by atoms with van der Waals surface area (Å²) < 4.78 is 33.9. The molecule has 6 nitrogen and oxygen atoms in total. The van der Waals surface area contributed by atoms with Gasteiger partial charge < -0.3 is 14.2 Å². The summed E-state index contributed by atoms with van der Waals surface area (Å²) in [5.41, 5.74) is 6.89. The molecule has 2 aliphatic heterocycles. The highest BCUT2D eigenvalue weighted by Crippen LogP contribution is 2.45. The van der Waals surface area contributed by atoms with Gasteiger partial charge in [0, 0.05) is 18.4 Å². The van der Waals surface area contributed by atoms with Gasteiger partial charge in [-0.05, 0) is 78.5 Å². The van der Waals surface area contributed by atoms with E-state index in [0.29, 0.717) is 23.6 Å². The molecule has 0 bridgehead atoms. The number of nitrogens with zero attached hydrogens (tertiary/aromatic N) is 3. The Hall–Kier alpha value is -3.97. The molecule has 1 aliphatic carbocycles. The normalized spacial score (nSPS) is 20.4. The minimum absolute atomic E-state index is 0.229. The van der Waals surface area contributed by atoms with Crippen molar-refractivity contribution < 1.29 is 18.6 Å². The third-order valence-corrected chi connectivity index (χ3v) is 8.02. The average molecular weight is 524 g/mol. The van der Waals surface area contributed by atoms with Crippen LogP contribution in [-0.4, -0.2) is 21.4 Å². The van der Waals surface area contributed by atoms with Crippen molar-refractivity contribution in [2.75, 3.05) is 6.61 Å². The molecule has 1 atom stereocenters. The van der Waals surface area contributed by atoms with Crippen molar-refractivity contribution in [3.05, 3.63) is 108 Å². The lowest BCUT2D eigenvalue weighted by atomic mass is 9.73. The van der Waals surface area contributed by atoms with Crippen LogP contribution in [0.4, 0.5) is 4.39 Å². The fourth-order valence-corrected chi connectivity index (χ4v) is 5.84. The Balaban J connectivity index is 1.39. The van der Waals surface area contributed by atoms with Crippen LogP contribution in [0.1, 0.15) is 73.4 Å². The van der Waals surface area contributed by atoms with E-state index in [9.17, 15) is 0 Å². The summed E-state index contributed by atoms with van der Waals surface area (Å²) in [5, 5.41) is 4.77. The number of benzene rings is 2. The fraction of sp³-hybridized carbons (Fsp3) is 0.312. The van der Waals surface area contributed by atoms with E-state index in [2.05, 4.69) is 41.5 Å². The number of hydrogen-bond acceptors (Lipinski definition) is 5. The zero-order chi connectivity index (χ0) is 26.2. The molecule has 4 aromatic rings. The molecule has 1 saturated heterocycles. The number of ether oxygens (including phenoxy) is 3. The lowest BCUT2D eigenvalue weighted by molar-refractivity contribution is -0.0375. The van der Waals surface area contributed by atoms with E-state index in [-0.39, 0.29) is 6.23 Å². The number of pyridine rings is 1. The van der Waals surface area contributed by atoms with Crippen molar-refractivity contribution in [3.63, 3.8) is 0 Å². The Kier molecular flexibility index (Phi) is 6.37. The molecule has 2 aromatic carbocycles. The molecule has 1 unspecified atom stereocenters. The van der Waals surface area contributed by atoms with Gasteiger partial charge in [0.05, 0.1) is 10.9 Å². The molecular weight excluding hydrogens is 493 g/mol. The first-order valence-electron chi connectivity index (χ1n) is 13.8. The second kappa shape index (κ2) is 10.3. The van der Waals surface area contributed by atoms with Crippen LogP contribution in [0.2, 0.25) is 0 Å². The van der Waals surface area contributed by atoms with E-state index >= 15 is 4.39 Å². The summed E-state index contributed by atoms with van der Waals surface area (Å²) in [7, 11) is 0. The molecule has 0 N–H and O–H groups in total. The average Bonchev–Trinajstić information content (AvgIpc) is 3.62. The monoisotopic (exact) mass is 523 g/mol. The second-order valence-electron chi connectivity index (χ2n) is 10.4. The Morgan fingerprint density at radius 2 is 1.67 bits per heavy atom. The number of fused-ring (bicyclic) bond motifs is 1. The van der Waals surface area contributed by atoms with Crippen molar-refractivity contribution in [2.45, 2.75) is 51.0 Å². The van der Waals surface area contributed by atoms with Crippen molar-refractivity contribution in [3.8, 4) is 0 Å². The van der Waals surface area contributed by atoms with Crippen LogP contribution in [0.25, 0.3) is 22.0 Å². The molecule has 7 rings (SSSR count). The Morgan fingerprint density at radius 1 is 0.846 bits per heavy atom. The fourth-order valence-electron chi connectivity index (χ4n) is 5.84. The van der Waals surface area contributed by atoms with E-state index in [4.69, 9.17) is 19.2 Å².